The highest BCUT2D eigenvalue weighted by Gasteiger charge is 2.54. The Kier molecular flexibility index (Phi) is 3.82. The number of halogens is 1. The Bertz CT molecular complexity index is 645. The number of aliphatic hydroxyl groups excluding tert-OH is 2. The minimum atomic E-state index is -1.44. The molecular formula is C16H19ClN2O3. The number of benzene rings is 1. The third kappa shape index (κ3) is 2.10. The van der Waals surface area contributed by atoms with Crippen LogP contribution in [0.3, 0.4) is 0 Å². The van der Waals surface area contributed by atoms with Crippen molar-refractivity contribution in [3.63, 3.8) is 0 Å². The van der Waals surface area contributed by atoms with Crippen molar-refractivity contribution in [3.8, 4) is 6.07 Å². The van der Waals surface area contributed by atoms with E-state index in [0.29, 0.717) is 17.0 Å². The maximum absolute atomic E-state index is 10.5. The van der Waals surface area contributed by atoms with E-state index in [-0.39, 0.29) is 12.1 Å². The van der Waals surface area contributed by atoms with Gasteiger partial charge in [0.1, 0.15) is 17.8 Å². The molecule has 118 valence electrons. The second kappa shape index (κ2) is 5.39. The zero-order valence-corrected chi connectivity index (χ0v) is 13.1. The molecule has 2 aliphatic heterocycles. The van der Waals surface area contributed by atoms with Gasteiger partial charge in [0.05, 0.1) is 23.2 Å². The summed E-state index contributed by atoms with van der Waals surface area (Å²) in [6.45, 7) is 1.42. The highest BCUT2D eigenvalue weighted by Crippen LogP contribution is 2.45. The van der Waals surface area contributed by atoms with E-state index in [1.807, 2.05) is 13.0 Å². The van der Waals surface area contributed by atoms with Crippen molar-refractivity contribution >= 4 is 17.3 Å². The molecule has 2 heterocycles. The van der Waals surface area contributed by atoms with Crippen LogP contribution in [0, 0.1) is 18.3 Å². The van der Waals surface area contributed by atoms with Crippen LogP contribution in [0.5, 0.6) is 0 Å². The quantitative estimate of drug-likeness (QED) is 0.765. The van der Waals surface area contributed by atoms with Gasteiger partial charge in [-0.25, -0.2) is 0 Å². The molecule has 3 N–H and O–H groups in total. The molecule has 3 rings (SSSR count). The Morgan fingerprint density at radius 3 is 2.82 bits per heavy atom. The normalized spacial score (nSPS) is 33.8. The second-order valence-electron chi connectivity index (χ2n) is 6.30. The van der Waals surface area contributed by atoms with Gasteiger partial charge in [-0.1, -0.05) is 11.6 Å². The monoisotopic (exact) mass is 322 g/mol. The average molecular weight is 323 g/mol. The molecule has 0 saturated carbocycles. The highest BCUT2D eigenvalue weighted by molar-refractivity contribution is 6.32. The van der Waals surface area contributed by atoms with Gasteiger partial charge in [-0.05, 0) is 37.5 Å². The molecule has 2 saturated heterocycles. The largest absolute Gasteiger partial charge is 0.393 e. The summed E-state index contributed by atoms with van der Waals surface area (Å²) in [7, 11) is 0. The Morgan fingerprint density at radius 2 is 2.18 bits per heavy atom. The van der Waals surface area contributed by atoms with Crippen LogP contribution in [-0.2, 0) is 0 Å². The molecular weight excluding hydrogens is 304 g/mol. The molecule has 2 fully saturated rings. The van der Waals surface area contributed by atoms with Crippen LogP contribution in [0.4, 0.5) is 5.69 Å². The average Bonchev–Trinajstić information content (AvgIpc) is 2.86. The molecule has 1 unspecified atom stereocenters. The lowest BCUT2D eigenvalue weighted by Crippen LogP contribution is -2.63. The summed E-state index contributed by atoms with van der Waals surface area (Å²) in [5.41, 5.74) is 0.682. The van der Waals surface area contributed by atoms with E-state index in [9.17, 15) is 15.3 Å². The van der Waals surface area contributed by atoms with Crippen LogP contribution in [0.2, 0.25) is 5.02 Å². The lowest BCUT2D eigenvalue weighted by molar-refractivity contribution is -0.128. The summed E-state index contributed by atoms with van der Waals surface area (Å²) < 4.78 is 0. The number of nitriles is 1. The van der Waals surface area contributed by atoms with Crippen LogP contribution in [0.25, 0.3) is 0 Å². The number of anilines is 1. The SMILES string of the molecule is Cc1c(N2[C@H]3CC[C@@H]2C(O)[C@@](O)(CO)C3)ccc(C#N)c1Cl. The van der Waals surface area contributed by atoms with Crippen LogP contribution in [0.15, 0.2) is 12.1 Å². The van der Waals surface area contributed by atoms with E-state index < -0.39 is 18.3 Å². The van der Waals surface area contributed by atoms with Crippen LogP contribution < -0.4 is 4.90 Å². The van der Waals surface area contributed by atoms with Crippen molar-refractivity contribution in [2.45, 2.75) is 50.0 Å². The van der Waals surface area contributed by atoms with Gasteiger partial charge in [-0.3, -0.25) is 0 Å². The van der Waals surface area contributed by atoms with Gasteiger partial charge in [0.2, 0.25) is 0 Å². The van der Waals surface area contributed by atoms with E-state index in [0.717, 1.165) is 24.1 Å². The first-order valence-electron chi connectivity index (χ1n) is 7.42. The second-order valence-corrected chi connectivity index (χ2v) is 6.68. The first kappa shape index (κ1) is 15.6. The number of rotatable bonds is 2. The Balaban J connectivity index is 2.02. The minimum absolute atomic E-state index is 0.0493. The zero-order chi connectivity index (χ0) is 16.1. The molecule has 0 aromatic heterocycles. The third-order valence-corrected chi connectivity index (χ3v) is 5.57. The number of fused-ring (bicyclic) bond motifs is 2. The zero-order valence-electron chi connectivity index (χ0n) is 12.3. The summed E-state index contributed by atoms with van der Waals surface area (Å²) >= 11 is 6.25. The first-order chi connectivity index (χ1) is 10.4. The number of hydrogen-bond acceptors (Lipinski definition) is 5. The topological polar surface area (TPSA) is 87.7 Å². The van der Waals surface area contributed by atoms with Crippen molar-refractivity contribution in [1.29, 1.82) is 5.26 Å². The molecule has 4 atom stereocenters. The number of piperidine rings is 1. The van der Waals surface area contributed by atoms with Gasteiger partial charge in [0.15, 0.2) is 0 Å². The van der Waals surface area contributed by atoms with Gasteiger partial charge in [-0.2, -0.15) is 5.26 Å². The summed E-state index contributed by atoms with van der Waals surface area (Å²) in [5, 5.41) is 39.8. The lowest BCUT2D eigenvalue weighted by Gasteiger charge is -2.48. The molecule has 6 heteroatoms. The molecule has 2 bridgehead atoms. The van der Waals surface area contributed by atoms with Crippen LogP contribution >= 0.6 is 11.6 Å². The molecule has 0 aliphatic carbocycles. The first-order valence-corrected chi connectivity index (χ1v) is 7.79. The smallest absolute Gasteiger partial charge is 0.117 e. The van der Waals surface area contributed by atoms with Gasteiger partial charge in [0, 0.05) is 18.2 Å². The molecule has 5 nitrogen and oxygen atoms in total. The number of aliphatic hydroxyl groups is 3. The molecule has 1 aromatic carbocycles. The number of hydrogen-bond donors (Lipinski definition) is 3. The summed E-state index contributed by atoms with van der Waals surface area (Å²) in [6, 6.07) is 5.39. The predicted octanol–water partition coefficient (Wildman–Crippen LogP) is 1.35. The minimum Gasteiger partial charge on any atom is -0.393 e. The molecule has 22 heavy (non-hydrogen) atoms. The van der Waals surface area contributed by atoms with E-state index in [1.54, 1.807) is 6.07 Å². The maximum atomic E-state index is 10.5. The van der Waals surface area contributed by atoms with Crippen molar-refractivity contribution in [3.05, 3.63) is 28.3 Å². The standard InChI is InChI=1S/C16H19ClN2O3/c1-9-12(4-2-10(7-18)14(9)17)19-11-3-5-13(19)15(21)16(22,6-11)8-20/h2,4,11,13,15,20-22H,3,5-6,8H2,1H3/t11-,13+,15?,16-/m0/s1. The van der Waals surface area contributed by atoms with Crippen molar-refractivity contribution in [2.24, 2.45) is 0 Å². The van der Waals surface area contributed by atoms with Crippen LogP contribution in [-0.4, -0.2) is 45.7 Å². The van der Waals surface area contributed by atoms with Gasteiger partial charge >= 0.3 is 0 Å². The van der Waals surface area contributed by atoms with E-state index in [1.165, 1.54) is 0 Å². The summed E-state index contributed by atoms with van der Waals surface area (Å²) in [5.74, 6) is 0. The highest BCUT2D eigenvalue weighted by atomic mass is 35.5. The lowest BCUT2D eigenvalue weighted by atomic mass is 9.83. The van der Waals surface area contributed by atoms with Crippen LogP contribution in [0.1, 0.15) is 30.4 Å². The fraction of sp³-hybridized carbons (Fsp3) is 0.562. The van der Waals surface area contributed by atoms with Crippen molar-refractivity contribution in [1.82, 2.24) is 0 Å². The number of nitrogens with zero attached hydrogens (tertiary/aromatic N) is 2. The van der Waals surface area contributed by atoms with E-state index in [2.05, 4.69) is 11.0 Å². The molecule has 2 aliphatic rings. The third-order valence-electron chi connectivity index (χ3n) is 5.08. The van der Waals surface area contributed by atoms with E-state index >= 15 is 0 Å². The Labute approximate surface area is 134 Å². The molecule has 0 spiro atoms. The fourth-order valence-electron chi connectivity index (χ4n) is 3.88. The molecule has 1 aromatic rings. The van der Waals surface area contributed by atoms with Crippen molar-refractivity contribution < 1.29 is 15.3 Å². The van der Waals surface area contributed by atoms with Crippen molar-refractivity contribution in [2.75, 3.05) is 11.5 Å². The Hall–Kier alpha value is -1.32. The maximum Gasteiger partial charge on any atom is 0.117 e. The van der Waals surface area contributed by atoms with Gasteiger partial charge < -0.3 is 20.2 Å². The van der Waals surface area contributed by atoms with Gasteiger partial charge in [0.25, 0.3) is 0 Å². The fourth-order valence-corrected chi connectivity index (χ4v) is 4.09. The summed E-state index contributed by atoms with van der Waals surface area (Å²) in [6.07, 6.45) is 0.912. The predicted molar refractivity (Wildman–Crippen MR) is 82.9 cm³/mol. The Morgan fingerprint density at radius 1 is 1.45 bits per heavy atom. The molecule has 0 radical (unpaired) electrons. The van der Waals surface area contributed by atoms with E-state index in [4.69, 9.17) is 16.9 Å². The van der Waals surface area contributed by atoms with Gasteiger partial charge in [-0.15, -0.1) is 0 Å². The summed E-state index contributed by atoms with van der Waals surface area (Å²) in [4.78, 5) is 2.09. The molecule has 0 amide bonds.